The topological polar surface area (TPSA) is 72.6 Å². The third-order valence-electron chi connectivity index (χ3n) is 2.42. The van der Waals surface area contributed by atoms with E-state index in [0.29, 0.717) is 0 Å². The van der Waals surface area contributed by atoms with Crippen molar-refractivity contribution in [3.05, 3.63) is 0 Å². The standard InChI is InChI=1S/C8H15NO3/c1-4(10)6-3-7(6)5(2)12-8(9)11/h4-7,10H,3H2,1-2H3,(H2,9,11)/t4-,5-,6+,7-/m0/s1. The van der Waals surface area contributed by atoms with Gasteiger partial charge in [0.2, 0.25) is 0 Å². The van der Waals surface area contributed by atoms with Crippen molar-refractivity contribution < 1.29 is 14.6 Å². The normalized spacial score (nSPS) is 32.2. The highest BCUT2D eigenvalue weighted by atomic mass is 16.6. The van der Waals surface area contributed by atoms with Crippen LogP contribution in [0.1, 0.15) is 20.3 Å². The Hall–Kier alpha value is -0.770. The highest BCUT2D eigenvalue weighted by molar-refractivity contribution is 5.64. The van der Waals surface area contributed by atoms with Crippen molar-refractivity contribution in [2.45, 2.75) is 32.5 Å². The van der Waals surface area contributed by atoms with Crippen molar-refractivity contribution in [1.82, 2.24) is 0 Å². The van der Waals surface area contributed by atoms with Crippen LogP contribution in [0, 0.1) is 11.8 Å². The van der Waals surface area contributed by atoms with E-state index in [1.54, 1.807) is 13.8 Å². The summed E-state index contributed by atoms with van der Waals surface area (Å²) in [4.78, 5) is 10.4. The maximum absolute atomic E-state index is 10.4. The van der Waals surface area contributed by atoms with Gasteiger partial charge in [0, 0.05) is 5.92 Å². The van der Waals surface area contributed by atoms with Gasteiger partial charge in [0.1, 0.15) is 6.10 Å². The third kappa shape index (κ3) is 2.11. The van der Waals surface area contributed by atoms with E-state index in [2.05, 4.69) is 0 Å². The number of carbonyl (C=O) groups excluding carboxylic acids is 1. The van der Waals surface area contributed by atoms with E-state index < -0.39 is 6.09 Å². The molecule has 1 fully saturated rings. The lowest BCUT2D eigenvalue weighted by Crippen LogP contribution is -2.23. The largest absolute Gasteiger partial charge is 0.446 e. The van der Waals surface area contributed by atoms with Crippen molar-refractivity contribution in [1.29, 1.82) is 0 Å². The number of carbonyl (C=O) groups is 1. The SMILES string of the molecule is C[C@H](O)[C@H]1C[C@H]1[C@H](C)OC(N)=O. The Morgan fingerprint density at radius 3 is 2.50 bits per heavy atom. The molecule has 3 N–H and O–H groups in total. The second-order valence-corrected chi connectivity index (χ2v) is 3.45. The molecule has 0 unspecified atom stereocenters. The Kier molecular flexibility index (Phi) is 2.57. The van der Waals surface area contributed by atoms with Gasteiger partial charge in [-0.2, -0.15) is 0 Å². The molecule has 70 valence electrons. The molecule has 0 aliphatic heterocycles. The Morgan fingerprint density at radius 1 is 1.58 bits per heavy atom. The monoisotopic (exact) mass is 173 g/mol. The molecule has 0 radical (unpaired) electrons. The number of primary amides is 1. The number of amides is 1. The van der Waals surface area contributed by atoms with Crippen LogP contribution in [0.15, 0.2) is 0 Å². The molecule has 4 atom stereocenters. The van der Waals surface area contributed by atoms with Crippen LogP contribution in [-0.2, 0) is 4.74 Å². The maximum atomic E-state index is 10.4. The van der Waals surface area contributed by atoms with E-state index in [-0.39, 0.29) is 24.0 Å². The molecule has 0 spiro atoms. The fourth-order valence-electron chi connectivity index (χ4n) is 1.60. The van der Waals surface area contributed by atoms with Crippen LogP contribution < -0.4 is 5.73 Å². The molecule has 0 bridgehead atoms. The summed E-state index contributed by atoms with van der Waals surface area (Å²) in [6, 6.07) is 0. The molecular formula is C8H15NO3. The van der Waals surface area contributed by atoms with Gasteiger partial charge >= 0.3 is 6.09 Å². The summed E-state index contributed by atoms with van der Waals surface area (Å²) >= 11 is 0. The Morgan fingerprint density at radius 2 is 2.17 bits per heavy atom. The lowest BCUT2D eigenvalue weighted by molar-refractivity contribution is 0.0882. The van der Waals surface area contributed by atoms with Crippen molar-refractivity contribution in [3.8, 4) is 0 Å². The first-order chi connectivity index (χ1) is 5.52. The van der Waals surface area contributed by atoms with Crippen LogP contribution in [0.25, 0.3) is 0 Å². The zero-order chi connectivity index (χ0) is 9.30. The van der Waals surface area contributed by atoms with E-state index in [4.69, 9.17) is 10.5 Å². The van der Waals surface area contributed by atoms with Crippen LogP contribution in [0.2, 0.25) is 0 Å². The predicted molar refractivity (Wildman–Crippen MR) is 43.4 cm³/mol. The number of rotatable bonds is 3. The summed E-state index contributed by atoms with van der Waals surface area (Å²) in [5.74, 6) is 0.567. The molecule has 12 heavy (non-hydrogen) atoms. The summed E-state index contributed by atoms with van der Waals surface area (Å²) in [7, 11) is 0. The number of aliphatic hydroxyl groups is 1. The predicted octanol–water partition coefficient (Wildman–Crippen LogP) is 0.487. The van der Waals surface area contributed by atoms with Gasteiger partial charge in [-0.3, -0.25) is 0 Å². The zero-order valence-electron chi connectivity index (χ0n) is 7.36. The molecule has 4 nitrogen and oxygen atoms in total. The van der Waals surface area contributed by atoms with E-state index in [1.807, 2.05) is 0 Å². The third-order valence-corrected chi connectivity index (χ3v) is 2.42. The van der Waals surface area contributed by atoms with E-state index in [0.717, 1.165) is 6.42 Å². The van der Waals surface area contributed by atoms with E-state index in [1.165, 1.54) is 0 Å². The summed E-state index contributed by atoms with van der Waals surface area (Å²) in [6.07, 6.45) is -0.290. The molecular weight excluding hydrogens is 158 g/mol. The second kappa shape index (κ2) is 3.31. The van der Waals surface area contributed by atoms with Gasteiger partial charge in [-0.15, -0.1) is 0 Å². The molecule has 0 aromatic heterocycles. The lowest BCUT2D eigenvalue weighted by atomic mass is 10.1. The molecule has 1 amide bonds. The summed E-state index contributed by atoms with van der Waals surface area (Å²) in [5.41, 5.74) is 4.86. The van der Waals surface area contributed by atoms with Gasteiger partial charge in [0.15, 0.2) is 0 Å². The fourth-order valence-corrected chi connectivity index (χ4v) is 1.60. The molecule has 1 rings (SSSR count). The number of hydrogen-bond acceptors (Lipinski definition) is 3. The number of ether oxygens (including phenoxy) is 1. The maximum Gasteiger partial charge on any atom is 0.404 e. The summed E-state index contributed by atoms with van der Waals surface area (Å²) in [6.45, 7) is 3.56. The smallest absolute Gasteiger partial charge is 0.404 e. The van der Waals surface area contributed by atoms with E-state index in [9.17, 15) is 9.90 Å². The van der Waals surface area contributed by atoms with Gasteiger partial charge in [-0.05, 0) is 26.2 Å². The van der Waals surface area contributed by atoms with Crippen molar-refractivity contribution >= 4 is 6.09 Å². The van der Waals surface area contributed by atoms with Crippen LogP contribution >= 0.6 is 0 Å². The van der Waals surface area contributed by atoms with Gasteiger partial charge < -0.3 is 15.6 Å². The number of hydrogen-bond donors (Lipinski definition) is 2. The van der Waals surface area contributed by atoms with Crippen molar-refractivity contribution in [3.63, 3.8) is 0 Å². The Bertz CT molecular complexity index is 181. The summed E-state index contributed by atoms with van der Waals surface area (Å²) < 4.78 is 4.78. The molecule has 1 saturated carbocycles. The van der Waals surface area contributed by atoms with Crippen molar-refractivity contribution in [2.24, 2.45) is 17.6 Å². The van der Waals surface area contributed by atoms with Crippen LogP contribution in [-0.4, -0.2) is 23.4 Å². The molecule has 4 heteroatoms. The molecule has 1 aliphatic carbocycles. The molecule has 0 saturated heterocycles. The highest BCUT2D eigenvalue weighted by Crippen LogP contribution is 2.44. The van der Waals surface area contributed by atoms with Crippen molar-refractivity contribution in [2.75, 3.05) is 0 Å². The first-order valence-electron chi connectivity index (χ1n) is 4.16. The first kappa shape index (κ1) is 9.32. The molecule has 0 aromatic rings. The number of aliphatic hydroxyl groups excluding tert-OH is 1. The first-order valence-corrected chi connectivity index (χ1v) is 4.16. The number of nitrogens with two attached hydrogens (primary N) is 1. The highest BCUT2D eigenvalue weighted by Gasteiger charge is 2.45. The minimum Gasteiger partial charge on any atom is -0.446 e. The van der Waals surface area contributed by atoms with Gasteiger partial charge in [-0.25, -0.2) is 4.79 Å². The minimum atomic E-state index is -0.737. The van der Waals surface area contributed by atoms with Crippen LogP contribution in [0.3, 0.4) is 0 Å². The van der Waals surface area contributed by atoms with Gasteiger partial charge in [-0.1, -0.05) is 0 Å². The molecule has 0 aromatic carbocycles. The fraction of sp³-hybridized carbons (Fsp3) is 0.875. The van der Waals surface area contributed by atoms with Crippen LogP contribution in [0.5, 0.6) is 0 Å². The Labute approximate surface area is 71.7 Å². The average molecular weight is 173 g/mol. The van der Waals surface area contributed by atoms with E-state index >= 15 is 0 Å². The minimum absolute atomic E-state index is 0.165. The van der Waals surface area contributed by atoms with Gasteiger partial charge in [0.05, 0.1) is 6.10 Å². The quantitative estimate of drug-likeness (QED) is 0.652. The average Bonchev–Trinajstić information content (AvgIpc) is 2.61. The summed E-state index contributed by atoms with van der Waals surface area (Å²) in [5, 5.41) is 9.17. The second-order valence-electron chi connectivity index (χ2n) is 3.45. The van der Waals surface area contributed by atoms with Crippen LogP contribution in [0.4, 0.5) is 4.79 Å². The lowest BCUT2D eigenvalue weighted by Gasteiger charge is -2.11. The van der Waals surface area contributed by atoms with Gasteiger partial charge in [0.25, 0.3) is 0 Å². The zero-order valence-corrected chi connectivity index (χ0v) is 7.36. The molecule has 0 heterocycles. The Balaban J connectivity index is 2.28. The molecule has 1 aliphatic rings.